The zero-order valence-electron chi connectivity index (χ0n) is 12.6. The summed E-state index contributed by atoms with van der Waals surface area (Å²) in [5, 5.41) is 0. The quantitative estimate of drug-likeness (QED) is 0.445. The van der Waals surface area contributed by atoms with Gasteiger partial charge in [0.2, 0.25) is 0 Å². The first-order chi connectivity index (χ1) is 10.7. The van der Waals surface area contributed by atoms with Gasteiger partial charge in [0.05, 0.1) is 7.11 Å². The summed E-state index contributed by atoms with van der Waals surface area (Å²) in [4.78, 5) is 12.1. The molecule has 0 atom stereocenters. The molecule has 0 saturated carbocycles. The van der Waals surface area contributed by atoms with Crippen molar-refractivity contribution in [3.63, 3.8) is 0 Å². The number of ketones is 1. The monoisotopic (exact) mass is 298 g/mol. The maximum absolute atomic E-state index is 12.1. The van der Waals surface area contributed by atoms with Crippen LogP contribution in [0.4, 0.5) is 0 Å². The number of hydrogen-bond acceptors (Lipinski definition) is 4. The molecule has 2 rings (SSSR count). The smallest absolute Gasteiger partial charge is 0.188 e. The minimum atomic E-state index is -0.0610. The van der Waals surface area contributed by atoms with Crippen LogP contribution < -0.4 is 9.47 Å². The fourth-order valence-electron chi connectivity index (χ4n) is 1.89. The Morgan fingerprint density at radius 3 is 2.55 bits per heavy atom. The van der Waals surface area contributed by atoms with E-state index in [-0.39, 0.29) is 12.6 Å². The highest BCUT2D eigenvalue weighted by atomic mass is 16.7. The molecule has 0 radical (unpaired) electrons. The van der Waals surface area contributed by atoms with Gasteiger partial charge in [-0.2, -0.15) is 0 Å². The lowest BCUT2D eigenvalue weighted by molar-refractivity contribution is 0.0508. The van der Waals surface area contributed by atoms with Gasteiger partial charge in [-0.3, -0.25) is 4.79 Å². The lowest BCUT2D eigenvalue weighted by Crippen LogP contribution is -2.01. The summed E-state index contributed by atoms with van der Waals surface area (Å²) in [5.74, 6) is 1.21. The van der Waals surface area contributed by atoms with Gasteiger partial charge in [-0.25, -0.2) is 0 Å². The fraction of sp³-hybridized carbons (Fsp3) is 0.167. The first-order valence-corrected chi connectivity index (χ1v) is 6.82. The molecule has 4 heteroatoms. The largest absolute Gasteiger partial charge is 0.497 e. The van der Waals surface area contributed by atoms with Gasteiger partial charge < -0.3 is 14.2 Å². The van der Waals surface area contributed by atoms with Crippen molar-refractivity contribution in [2.75, 3.05) is 21.0 Å². The predicted octanol–water partition coefficient (Wildman–Crippen LogP) is 3.57. The van der Waals surface area contributed by atoms with E-state index in [0.717, 1.165) is 5.56 Å². The second-order valence-electron chi connectivity index (χ2n) is 4.52. The fourth-order valence-corrected chi connectivity index (χ4v) is 1.89. The number of carbonyl (C=O) groups excluding carboxylic acids is 1. The van der Waals surface area contributed by atoms with Gasteiger partial charge in [0.1, 0.15) is 11.5 Å². The Balaban J connectivity index is 2.20. The Bertz CT molecular complexity index is 647. The summed E-state index contributed by atoms with van der Waals surface area (Å²) in [5.41, 5.74) is 1.42. The summed E-state index contributed by atoms with van der Waals surface area (Å²) in [7, 11) is 3.14. The molecule has 0 N–H and O–H groups in total. The van der Waals surface area contributed by atoms with Crippen molar-refractivity contribution < 1.29 is 19.0 Å². The molecule has 0 aliphatic heterocycles. The highest BCUT2D eigenvalue weighted by Crippen LogP contribution is 2.26. The van der Waals surface area contributed by atoms with E-state index in [9.17, 15) is 4.79 Å². The van der Waals surface area contributed by atoms with Crippen molar-refractivity contribution in [3.05, 3.63) is 65.7 Å². The second kappa shape index (κ2) is 8.00. The second-order valence-corrected chi connectivity index (χ2v) is 4.52. The first kappa shape index (κ1) is 15.8. The Morgan fingerprint density at radius 2 is 1.86 bits per heavy atom. The van der Waals surface area contributed by atoms with Crippen LogP contribution in [-0.4, -0.2) is 26.8 Å². The van der Waals surface area contributed by atoms with Gasteiger partial charge in [-0.05, 0) is 24.3 Å². The van der Waals surface area contributed by atoms with Gasteiger partial charge >= 0.3 is 0 Å². The van der Waals surface area contributed by atoms with Crippen molar-refractivity contribution in [2.24, 2.45) is 0 Å². The number of ether oxygens (including phenoxy) is 3. The van der Waals surface area contributed by atoms with E-state index in [1.807, 2.05) is 30.3 Å². The van der Waals surface area contributed by atoms with Gasteiger partial charge in [0.25, 0.3) is 0 Å². The highest BCUT2D eigenvalue weighted by Gasteiger charge is 2.05. The van der Waals surface area contributed by atoms with Crippen LogP contribution in [0.5, 0.6) is 11.5 Å². The van der Waals surface area contributed by atoms with Gasteiger partial charge in [0.15, 0.2) is 12.6 Å². The average molecular weight is 298 g/mol. The van der Waals surface area contributed by atoms with Gasteiger partial charge in [0, 0.05) is 24.3 Å². The molecule has 0 amide bonds. The lowest BCUT2D eigenvalue weighted by atomic mass is 10.1. The number of methoxy groups -OCH3 is 2. The SMILES string of the molecule is COCOc1cc(OC)ccc1C=CC(=O)c1ccccc1. The molecule has 0 fully saturated rings. The maximum Gasteiger partial charge on any atom is 0.188 e. The van der Waals surface area contributed by atoms with Crippen LogP contribution in [0, 0.1) is 0 Å². The molecule has 0 heterocycles. The van der Waals surface area contributed by atoms with Crippen molar-refractivity contribution in [1.82, 2.24) is 0 Å². The minimum absolute atomic E-state index is 0.0610. The van der Waals surface area contributed by atoms with Crippen LogP contribution in [0.2, 0.25) is 0 Å². The summed E-state index contributed by atoms with van der Waals surface area (Å²) in [6.45, 7) is 0.126. The molecular formula is C18H18O4. The molecule has 22 heavy (non-hydrogen) atoms. The van der Waals surface area contributed by atoms with E-state index in [1.54, 1.807) is 38.5 Å². The highest BCUT2D eigenvalue weighted by molar-refractivity contribution is 6.06. The number of rotatable bonds is 7. The average Bonchev–Trinajstić information content (AvgIpc) is 2.58. The molecule has 114 valence electrons. The topological polar surface area (TPSA) is 44.8 Å². The summed E-state index contributed by atoms with van der Waals surface area (Å²) < 4.78 is 15.6. The third-order valence-electron chi connectivity index (χ3n) is 3.03. The van der Waals surface area contributed by atoms with Crippen LogP contribution in [0.1, 0.15) is 15.9 Å². The van der Waals surface area contributed by atoms with Crippen LogP contribution in [0.15, 0.2) is 54.6 Å². The zero-order chi connectivity index (χ0) is 15.8. The summed E-state index contributed by atoms with van der Waals surface area (Å²) in [6.07, 6.45) is 3.25. The third kappa shape index (κ3) is 4.20. The Kier molecular flexibility index (Phi) is 5.74. The normalized spacial score (nSPS) is 10.6. The molecule has 0 bridgehead atoms. The number of allylic oxidation sites excluding steroid dienone is 1. The molecular weight excluding hydrogens is 280 g/mol. The minimum Gasteiger partial charge on any atom is -0.497 e. The van der Waals surface area contributed by atoms with Crippen molar-refractivity contribution in [2.45, 2.75) is 0 Å². The van der Waals surface area contributed by atoms with Crippen LogP contribution in [0.3, 0.4) is 0 Å². The first-order valence-electron chi connectivity index (χ1n) is 6.82. The van der Waals surface area contributed by atoms with Crippen molar-refractivity contribution in [3.8, 4) is 11.5 Å². The van der Waals surface area contributed by atoms with Gasteiger partial charge in [-0.15, -0.1) is 0 Å². The molecule has 0 aromatic heterocycles. The van der Waals surface area contributed by atoms with E-state index in [1.165, 1.54) is 6.08 Å². The Labute approximate surface area is 129 Å². The zero-order valence-corrected chi connectivity index (χ0v) is 12.6. The number of benzene rings is 2. The van der Waals surface area contributed by atoms with E-state index < -0.39 is 0 Å². The van der Waals surface area contributed by atoms with Gasteiger partial charge in [-0.1, -0.05) is 30.3 Å². The molecule has 4 nitrogen and oxygen atoms in total. The number of hydrogen-bond donors (Lipinski definition) is 0. The molecule has 2 aromatic carbocycles. The standard InChI is InChI=1S/C18H18O4/c1-20-13-22-18-12-16(21-2)10-8-15(18)9-11-17(19)14-6-4-3-5-7-14/h3-12H,13H2,1-2H3. The Morgan fingerprint density at radius 1 is 1.09 bits per heavy atom. The summed E-state index contributed by atoms with van der Waals surface area (Å²) >= 11 is 0. The van der Waals surface area contributed by atoms with E-state index >= 15 is 0 Å². The molecule has 0 saturated heterocycles. The summed E-state index contributed by atoms with van der Waals surface area (Å²) in [6, 6.07) is 14.5. The molecule has 0 aliphatic rings. The van der Waals surface area contributed by atoms with E-state index in [4.69, 9.17) is 14.2 Å². The van der Waals surface area contributed by atoms with Crippen molar-refractivity contribution in [1.29, 1.82) is 0 Å². The van der Waals surface area contributed by atoms with Crippen LogP contribution in [0.25, 0.3) is 6.08 Å². The van der Waals surface area contributed by atoms with E-state index in [2.05, 4.69) is 0 Å². The predicted molar refractivity (Wildman–Crippen MR) is 85.3 cm³/mol. The molecule has 0 aliphatic carbocycles. The lowest BCUT2D eigenvalue weighted by Gasteiger charge is -2.10. The van der Waals surface area contributed by atoms with Crippen LogP contribution in [-0.2, 0) is 4.74 Å². The third-order valence-corrected chi connectivity index (χ3v) is 3.03. The molecule has 0 unspecified atom stereocenters. The Hall–Kier alpha value is -2.59. The van der Waals surface area contributed by atoms with Crippen LogP contribution >= 0.6 is 0 Å². The maximum atomic E-state index is 12.1. The molecule has 2 aromatic rings. The number of carbonyl (C=O) groups is 1. The molecule has 0 spiro atoms. The van der Waals surface area contributed by atoms with E-state index in [0.29, 0.717) is 17.1 Å². The van der Waals surface area contributed by atoms with Crippen molar-refractivity contribution >= 4 is 11.9 Å².